The van der Waals surface area contributed by atoms with Crippen LogP contribution in [0.1, 0.15) is 12.0 Å². The molecule has 2 atom stereocenters. The lowest BCUT2D eigenvalue weighted by Gasteiger charge is -2.18. The van der Waals surface area contributed by atoms with Crippen LogP contribution in [-0.4, -0.2) is 41.7 Å². The van der Waals surface area contributed by atoms with Crippen molar-refractivity contribution in [2.24, 2.45) is 0 Å². The fourth-order valence-corrected chi connectivity index (χ4v) is 2.18. The topological polar surface area (TPSA) is 52.6 Å². The third kappa shape index (κ3) is 3.05. The van der Waals surface area contributed by atoms with Crippen molar-refractivity contribution in [2.75, 3.05) is 13.6 Å². The number of rotatable bonds is 3. The van der Waals surface area contributed by atoms with Crippen molar-refractivity contribution in [3.05, 3.63) is 35.9 Å². The summed E-state index contributed by atoms with van der Waals surface area (Å²) in [5.74, 6) is -0.00657. The quantitative estimate of drug-likeness (QED) is 0.794. The van der Waals surface area contributed by atoms with Crippen molar-refractivity contribution in [1.82, 2.24) is 10.2 Å². The van der Waals surface area contributed by atoms with E-state index >= 15 is 0 Å². The molecule has 4 nitrogen and oxygen atoms in total. The zero-order valence-electron chi connectivity index (χ0n) is 9.97. The second-order valence-electron chi connectivity index (χ2n) is 4.55. The molecule has 1 aliphatic rings. The van der Waals surface area contributed by atoms with E-state index in [9.17, 15) is 9.90 Å². The number of aliphatic hydroxyl groups excluding tert-OH is 1. The van der Waals surface area contributed by atoms with E-state index in [1.165, 1.54) is 0 Å². The summed E-state index contributed by atoms with van der Waals surface area (Å²) in [4.78, 5) is 13.8. The average molecular weight is 234 g/mol. The second-order valence-corrected chi connectivity index (χ2v) is 4.55. The van der Waals surface area contributed by atoms with Gasteiger partial charge >= 0.3 is 0 Å². The molecule has 1 amide bonds. The minimum Gasteiger partial charge on any atom is -0.392 e. The first-order valence-corrected chi connectivity index (χ1v) is 5.87. The van der Waals surface area contributed by atoms with Crippen molar-refractivity contribution < 1.29 is 9.90 Å². The van der Waals surface area contributed by atoms with Crippen LogP contribution in [0.15, 0.2) is 30.3 Å². The number of nitrogens with zero attached hydrogens (tertiary/aromatic N) is 1. The van der Waals surface area contributed by atoms with Crippen LogP contribution in [-0.2, 0) is 11.3 Å². The fraction of sp³-hybridized carbons (Fsp3) is 0.462. The van der Waals surface area contributed by atoms with Crippen molar-refractivity contribution >= 4 is 5.91 Å². The van der Waals surface area contributed by atoms with E-state index in [4.69, 9.17) is 0 Å². The Morgan fingerprint density at radius 1 is 1.47 bits per heavy atom. The van der Waals surface area contributed by atoms with E-state index in [1.54, 1.807) is 0 Å². The molecule has 0 saturated carbocycles. The summed E-state index contributed by atoms with van der Waals surface area (Å²) >= 11 is 0. The number of amides is 1. The highest BCUT2D eigenvalue weighted by molar-refractivity contribution is 5.82. The highest BCUT2D eigenvalue weighted by Gasteiger charge is 2.32. The van der Waals surface area contributed by atoms with E-state index < -0.39 is 0 Å². The molecule has 0 radical (unpaired) electrons. The maximum absolute atomic E-state index is 11.9. The number of nitrogens with one attached hydrogen (secondary N) is 1. The maximum atomic E-state index is 11.9. The lowest BCUT2D eigenvalue weighted by atomic mass is 10.1. The number of benzene rings is 1. The van der Waals surface area contributed by atoms with Crippen molar-refractivity contribution in [3.63, 3.8) is 0 Å². The smallest absolute Gasteiger partial charge is 0.237 e. The van der Waals surface area contributed by atoms with Gasteiger partial charge in [0.2, 0.25) is 5.91 Å². The first kappa shape index (κ1) is 12.1. The van der Waals surface area contributed by atoms with Gasteiger partial charge in [0.05, 0.1) is 12.1 Å². The molecule has 17 heavy (non-hydrogen) atoms. The summed E-state index contributed by atoms with van der Waals surface area (Å²) in [5.41, 5.74) is 1.09. The van der Waals surface area contributed by atoms with Crippen LogP contribution >= 0.6 is 0 Å². The first-order chi connectivity index (χ1) is 8.16. The van der Waals surface area contributed by atoms with Gasteiger partial charge in [-0.15, -0.1) is 0 Å². The number of β-amino-alcohol motifs (C(OH)–C–C–N with tert-alkyl or cyclic N) is 1. The normalized spacial score (nSPS) is 24.8. The number of carbonyl (C=O) groups excluding carboxylic acids is 1. The van der Waals surface area contributed by atoms with Gasteiger partial charge in [-0.1, -0.05) is 30.3 Å². The van der Waals surface area contributed by atoms with Gasteiger partial charge < -0.3 is 10.4 Å². The number of carbonyl (C=O) groups is 1. The van der Waals surface area contributed by atoms with Crippen molar-refractivity contribution in [2.45, 2.75) is 25.1 Å². The Balaban J connectivity index is 1.86. The molecule has 1 aromatic rings. The lowest BCUT2D eigenvalue weighted by molar-refractivity contribution is -0.125. The summed E-state index contributed by atoms with van der Waals surface area (Å²) in [6.45, 7) is 1.11. The van der Waals surface area contributed by atoms with Crippen LogP contribution in [0, 0.1) is 0 Å². The number of likely N-dealkylation sites (tertiary alicyclic amines) is 1. The van der Waals surface area contributed by atoms with Crippen LogP contribution < -0.4 is 5.32 Å². The van der Waals surface area contributed by atoms with Gasteiger partial charge in [-0.05, 0) is 19.0 Å². The molecule has 0 bridgehead atoms. The summed E-state index contributed by atoms with van der Waals surface area (Å²) < 4.78 is 0. The van der Waals surface area contributed by atoms with Gasteiger partial charge in [-0.25, -0.2) is 0 Å². The van der Waals surface area contributed by atoms with Gasteiger partial charge in [0.15, 0.2) is 0 Å². The number of aliphatic hydroxyl groups is 1. The maximum Gasteiger partial charge on any atom is 0.237 e. The van der Waals surface area contributed by atoms with Crippen LogP contribution in [0.2, 0.25) is 0 Å². The Bertz CT molecular complexity index is 380. The van der Waals surface area contributed by atoms with E-state index in [0.29, 0.717) is 19.5 Å². The summed E-state index contributed by atoms with van der Waals surface area (Å²) in [5, 5.41) is 12.4. The fourth-order valence-electron chi connectivity index (χ4n) is 2.18. The third-order valence-electron chi connectivity index (χ3n) is 3.14. The van der Waals surface area contributed by atoms with Gasteiger partial charge in [0.1, 0.15) is 0 Å². The van der Waals surface area contributed by atoms with E-state index in [2.05, 4.69) is 5.32 Å². The molecule has 2 rings (SSSR count). The molecule has 1 saturated heterocycles. The Labute approximate surface area is 101 Å². The van der Waals surface area contributed by atoms with E-state index in [0.717, 1.165) is 5.56 Å². The van der Waals surface area contributed by atoms with Gasteiger partial charge in [0, 0.05) is 13.1 Å². The monoisotopic (exact) mass is 234 g/mol. The molecular formula is C13H18N2O2. The Kier molecular flexibility index (Phi) is 3.76. The molecule has 2 N–H and O–H groups in total. The SMILES string of the molecule is CN1CC(O)CC1C(=O)NCc1ccccc1. The number of likely N-dealkylation sites (N-methyl/N-ethyl adjacent to an activating group) is 1. The predicted molar refractivity (Wildman–Crippen MR) is 65.3 cm³/mol. The minimum atomic E-state index is -0.382. The molecule has 4 heteroatoms. The molecule has 0 spiro atoms. The van der Waals surface area contributed by atoms with Crippen molar-refractivity contribution in [1.29, 1.82) is 0 Å². The summed E-state index contributed by atoms with van der Waals surface area (Å²) in [6, 6.07) is 9.61. The largest absolute Gasteiger partial charge is 0.392 e. The highest BCUT2D eigenvalue weighted by Crippen LogP contribution is 2.15. The molecule has 92 valence electrons. The van der Waals surface area contributed by atoms with Crippen LogP contribution in [0.3, 0.4) is 0 Å². The predicted octanol–water partition coefficient (Wildman–Crippen LogP) is 0.368. The Hall–Kier alpha value is -1.39. The molecule has 0 aliphatic carbocycles. The van der Waals surface area contributed by atoms with Gasteiger partial charge in [0.25, 0.3) is 0 Å². The summed E-state index contributed by atoms with van der Waals surface area (Å²) in [6.07, 6.45) is 0.143. The van der Waals surface area contributed by atoms with E-state index in [-0.39, 0.29) is 18.1 Å². The number of hydrogen-bond acceptors (Lipinski definition) is 3. The molecule has 2 unspecified atom stereocenters. The molecular weight excluding hydrogens is 216 g/mol. The van der Waals surface area contributed by atoms with Crippen LogP contribution in [0.25, 0.3) is 0 Å². The van der Waals surface area contributed by atoms with Gasteiger partial charge in [-0.3, -0.25) is 9.69 Å². The first-order valence-electron chi connectivity index (χ1n) is 5.87. The zero-order valence-corrected chi connectivity index (χ0v) is 9.97. The molecule has 0 aromatic heterocycles. The Morgan fingerprint density at radius 3 is 2.76 bits per heavy atom. The lowest BCUT2D eigenvalue weighted by Crippen LogP contribution is -2.41. The zero-order chi connectivity index (χ0) is 12.3. The molecule has 1 fully saturated rings. The average Bonchev–Trinajstić information content (AvgIpc) is 2.67. The standard InChI is InChI=1S/C13H18N2O2/c1-15-9-11(16)7-12(15)13(17)14-8-10-5-3-2-4-6-10/h2-6,11-12,16H,7-9H2,1H3,(H,14,17). The highest BCUT2D eigenvalue weighted by atomic mass is 16.3. The van der Waals surface area contributed by atoms with Crippen molar-refractivity contribution in [3.8, 4) is 0 Å². The molecule has 1 heterocycles. The van der Waals surface area contributed by atoms with E-state index in [1.807, 2.05) is 42.3 Å². The second kappa shape index (κ2) is 5.29. The minimum absolute atomic E-state index is 0.00657. The molecule has 1 aliphatic heterocycles. The number of hydrogen-bond donors (Lipinski definition) is 2. The van der Waals surface area contributed by atoms with Crippen LogP contribution in [0.4, 0.5) is 0 Å². The van der Waals surface area contributed by atoms with Gasteiger partial charge in [-0.2, -0.15) is 0 Å². The third-order valence-corrected chi connectivity index (χ3v) is 3.14. The Morgan fingerprint density at radius 2 is 2.18 bits per heavy atom. The molecule has 1 aromatic carbocycles. The van der Waals surface area contributed by atoms with Crippen LogP contribution in [0.5, 0.6) is 0 Å². The summed E-state index contributed by atoms with van der Waals surface area (Å²) in [7, 11) is 1.86.